The van der Waals surface area contributed by atoms with E-state index in [4.69, 9.17) is 0 Å². The third-order valence-corrected chi connectivity index (χ3v) is 5.14. The molecule has 0 aromatic carbocycles. The van der Waals surface area contributed by atoms with Crippen molar-refractivity contribution in [1.82, 2.24) is 5.32 Å². The Morgan fingerprint density at radius 3 is 2.31 bits per heavy atom. The lowest BCUT2D eigenvalue weighted by Crippen LogP contribution is -2.40. The molecule has 16 heavy (non-hydrogen) atoms. The summed E-state index contributed by atoms with van der Waals surface area (Å²) in [6.07, 6.45) is 5.19. The van der Waals surface area contributed by atoms with Gasteiger partial charge >= 0.3 is 0 Å². The molecule has 1 aliphatic heterocycles. The van der Waals surface area contributed by atoms with Gasteiger partial charge in [-0.15, -0.1) is 0 Å². The standard InChI is InChI=1S/C12H25NO2S/c1-3-5-12(13-8-4-2)11-6-9-16(14,15)10-7-11/h11-13H,3-10H2,1-2H3. The first-order valence-corrected chi connectivity index (χ1v) is 8.35. The Labute approximate surface area is 99.9 Å². The molecule has 1 saturated heterocycles. The van der Waals surface area contributed by atoms with Crippen molar-refractivity contribution in [2.45, 2.75) is 52.0 Å². The zero-order chi connectivity index (χ0) is 12.0. The first-order chi connectivity index (χ1) is 7.59. The number of nitrogens with one attached hydrogen (secondary N) is 1. The second-order valence-corrected chi connectivity index (χ2v) is 7.14. The summed E-state index contributed by atoms with van der Waals surface area (Å²) in [5.41, 5.74) is 0. The minimum Gasteiger partial charge on any atom is -0.314 e. The average molecular weight is 247 g/mol. The van der Waals surface area contributed by atoms with Gasteiger partial charge < -0.3 is 5.32 Å². The highest BCUT2D eigenvalue weighted by molar-refractivity contribution is 7.91. The molecule has 0 bridgehead atoms. The smallest absolute Gasteiger partial charge is 0.150 e. The van der Waals surface area contributed by atoms with Crippen LogP contribution < -0.4 is 5.32 Å². The van der Waals surface area contributed by atoms with Crippen molar-refractivity contribution < 1.29 is 8.42 Å². The summed E-state index contributed by atoms with van der Waals surface area (Å²) < 4.78 is 22.7. The summed E-state index contributed by atoms with van der Waals surface area (Å²) in [4.78, 5) is 0. The second kappa shape index (κ2) is 6.60. The minimum absolute atomic E-state index is 0.395. The predicted octanol–water partition coefficient (Wildman–Crippen LogP) is 1.98. The van der Waals surface area contributed by atoms with Crippen molar-refractivity contribution in [2.75, 3.05) is 18.1 Å². The molecule has 0 amide bonds. The molecule has 1 aliphatic rings. The van der Waals surface area contributed by atoms with Crippen molar-refractivity contribution in [2.24, 2.45) is 5.92 Å². The van der Waals surface area contributed by atoms with Crippen molar-refractivity contribution in [3.63, 3.8) is 0 Å². The molecule has 4 heteroatoms. The van der Waals surface area contributed by atoms with E-state index in [1.807, 2.05) is 0 Å². The lowest BCUT2D eigenvalue weighted by molar-refractivity contribution is 0.310. The molecule has 1 heterocycles. The number of hydrogen-bond donors (Lipinski definition) is 1. The van der Waals surface area contributed by atoms with Gasteiger partial charge in [-0.1, -0.05) is 20.3 Å². The van der Waals surface area contributed by atoms with Crippen molar-refractivity contribution in [1.29, 1.82) is 0 Å². The molecule has 3 nitrogen and oxygen atoms in total. The highest BCUT2D eigenvalue weighted by Crippen LogP contribution is 2.24. The van der Waals surface area contributed by atoms with Gasteiger partial charge in [-0.05, 0) is 38.1 Å². The Bertz CT molecular complexity index is 273. The summed E-state index contributed by atoms with van der Waals surface area (Å²) in [5.74, 6) is 1.35. The van der Waals surface area contributed by atoms with Gasteiger partial charge in [0.1, 0.15) is 9.84 Å². The minimum atomic E-state index is -2.71. The van der Waals surface area contributed by atoms with Crippen molar-refractivity contribution in [3.05, 3.63) is 0 Å². The van der Waals surface area contributed by atoms with E-state index in [1.54, 1.807) is 0 Å². The van der Waals surface area contributed by atoms with Gasteiger partial charge in [0.2, 0.25) is 0 Å². The van der Waals surface area contributed by atoms with E-state index in [1.165, 1.54) is 12.8 Å². The second-order valence-electron chi connectivity index (χ2n) is 4.84. The number of sulfone groups is 1. The first-order valence-electron chi connectivity index (χ1n) is 6.53. The summed E-state index contributed by atoms with van der Waals surface area (Å²) in [5, 5.41) is 3.57. The molecule has 1 rings (SSSR count). The van der Waals surface area contributed by atoms with Gasteiger partial charge in [0.05, 0.1) is 11.5 Å². The van der Waals surface area contributed by atoms with Crippen LogP contribution in [0.5, 0.6) is 0 Å². The maximum Gasteiger partial charge on any atom is 0.150 e. The van der Waals surface area contributed by atoms with Gasteiger partial charge in [0.15, 0.2) is 0 Å². The van der Waals surface area contributed by atoms with Crippen LogP contribution in [-0.4, -0.2) is 32.5 Å². The van der Waals surface area contributed by atoms with Gasteiger partial charge in [0, 0.05) is 6.04 Å². The lowest BCUT2D eigenvalue weighted by Gasteiger charge is -2.30. The summed E-state index contributed by atoms with van der Waals surface area (Å²) in [7, 11) is -2.71. The average Bonchev–Trinajstić information content (AvgIpc) is 2.25. The largest absolute Gasteiger partial charge is 0.314 e. The van der Waals surface area contributed by atoms with E-state index in [2.05, 4.69) is 19.2 Å². The molecular weight excluding hydrogens is 222 g/mol. The van der Waals surface area contributed by atoms with Crippen molar-refractivity contribution in [3.8, 4) is 0 Å². The Morgan fingerprint density at radius 1 is 1.19 bits per heavy atom. The van der Waals surface area contributed by atoms with Crippen LogP contribution in [-0.2, 0) is 9.84 Å². The number of rotatable bonds is 6. The molecule has 0 aromatic rings. The monoisotopic (exact) mass is 247 g/mol. The van der Waals surface area contributed by atoms with Crippen LogP contribution in [0.3, 0.4) is 0 Å². The highest BCUT2D eigenvalue weighted by atomic mass is 32.2. The maximum atomic E-state index is 11.4. The molecule has 0 saturated carbocycles. The summed E-state index contributed by atoms with van der Waals surface area (Å²) in [6.45, 7) is 5.41. The Balaban J connectivity index is 2.46. The van der Waals surface area contributed by atoms with E-state index < -0.39 is 9.84 Å². The quantitative estimate of drug-likeness (QED) is 0.780. The molecule has 1 N–H and O–H groups in total. The third kappa shape index (κ3) is 4.42. The van der Waals surface area contributed by atoms with E-state index >= 15 is 0 Å². The summed E-state index contributed by atoms with van der Waals surface area (Å²) >= 11 is 0. The normalized spacial score (nSPS) is 23.1. The molecule has 1 atom stereocenters. The zero-order valence-corrected chi connectivity index (χ0v) is 11.4. The van der Waals surface area contributed by atoms with Crippen LogP contribution >= 0.6 is 0 Å². The molecule has 0 aliphatic carbocycles. The van der Waals surface area contributed by atoms with Gasteiger partial charge in [-0.25, -0.2) is 8.42 Å². The van der Waals surface area contributed by atoms with Gasteiger partial charge in [-0.3, -0.25) is 0 Å². The Kier molecular flexibility index (Phi) is 5.76. The van der Waals surface area contributed by atoms with Crippen molar-refractivity contribution >= 4 is 9.84 Å². The molecule has 0 aromatic heterocycles. The molecule has 1 fully saturated rings. The van der Waals surface area contributed by atoms with Crippen LogP contribution in [0.1, 0.15) is 46.0 Å². The molecule has 0 radical (unpaired) electrons. The molecular formula is C12H25NO2S. The van der Waals surface area contributed by atoms with E-state index in [9.17, 15) is 8.42 Å². The van der Waals surface area contributed by atoms with E-state index in [-0.39, 0.29) is 0 Å². The fourth-order valence-electron chi connectivity index (χ4n) is 2.46. The Morgan fingerprint density at radius 2 is 1.81 bits per heavy atom. The lowest BCUT2D eigenvalue weighted by atomic mass is 9.90. The number of hydrogen-bond acceptors (Lipinski definition) is 3. The van der Waals surface area contributed by atoms with Crippen LogP contribution in [0.25, 0.3) is 0 Å². The zero-order valence-electron chi connectivity index (χ0n) is 10.5. The Hall–Kier alpha value is -0.0900. The van der Waals surface area contributed by atoms with E-state index in [0.717, 1.165) is 25.8 Å². The maximum absolute atomic E-state index is 11.4. The van der Waals surface area contributed by atoms with Crippen LogP contribution in [0.15, 0.2) is 0 Å². The van der Waals surface area contributed by atoms with Gasteiger partial charge in [-0.2, -0.15) is 0 Å². The van der Waals surface area contributed by atoms with Crippen LogP contribution in [0.2, 0.25) is 0 Å². The topological polar surface area (TPSA) is 46.2 Å². The SMILES string of the molecule is CCCNC(CCC)C1CCS(=O)(=O)CC1. The molecule has 96 valence electrons. The predicted molar refractivity (Wildman–Crippen MR) is 68.4 cm³/mol. The fourth-order valence-corrected chi connectivity index (χ4v) is 3.98. The first kappa shape index (κ1) is 14.0. The van der Waals surface area contributed by atoms with Crippen LogP contribution in [0.4, 0.5) is 0 Å². The fraction of sp³-hybridized carbons (Fsp3) is 1.00. The summed E-state index contributed by atoms with van der Waals surface area (Å²) in [6, 6.07) is 0.528. The van der Waals surface area contributed by atoms with Gasteiger partial charge in [0.25, 0.3) is 0 Å². The van der Waals surface area contributed by atoms with Crippen LogP contribution in [0, 0.1) is 5.92 Å². The van der Waals surface area contributed by atoms with E-state index in [0.29, 0.717) is 23.5 Å². The molecule has 1 unspecified atom stereocenters. The highest BCUT2D eigenvalue weighted by Gasteiger charge is 2.28. The third-order valence-electron chi connectivity index (χ3n) is 3.42. The molecule has 0 spiro atoms.